The fraction of sp³-hybridized carbons (Fsp3) is 0.360. The van der Waals surface area contributed by atoms with Crippen LogP contribution in [-0.2, 0) is 35.0 Å². The summed E-state index contributed by atoms with van der Waals surface area (Å²) in [6.45, 7) is 7.25. The summed E-state index contributed by atoms with van der Waals surface area (Å²) in [5.74, 6) is -2.36. The summed E-state index contributed by atoms with van der Waals surface area (Å²) in [6, 6.07) is 7.83. The fourth-order valence-corrected chi connectivity index (χ4v) is 4.94. The number of anilines is 1. The Morgan fingerprint density at radius 3 is 2.27 bits per heavy atom. The number of ether oxygens (including phenoxy) is 2. The number of benzene rings is 1. The highest BCUT2D eigenvalue weighted by Crippen LogP contribution is 2.44. The lowest BCUT2D eigenvalue weighted by molar-refractivity contribution is -0.149. The molecule has 41 heavy (non-hydrogen) atoms. The van der Waals surface area contributed by atoms with Crippen LogP contribution in [0.2, 0.25) is 0 Å². The number of fused-ring (bicyclic) bond motifs is 1. The van der Waals surface area contributed by atoms with Crippen LogP contribution >= 0.6 is 7.52 Å². The van der Waals surface area contributed by atoms with Crippen LogP contribution < -0.4 is 15.3 Å². The SMILES string of the molecule is CC(C)OC(=O)[C@H](C)N[P@](=O)(COC(C)Cn1cnc2c(N)ncnc21)Oc1ccccc1.O=C(O)C=CC(=O)O. The van der Waals surface area contributed by atoms with Crippen molar-refractivity contribution in [1.29, 1.82) is 0 Å². The van der Waals surface area contributed by atoms with Crippen LogP contribution in [0.15, 0.2) is 55.1 Å². The van der Waals surface area contributed by atoms with Gasteiger partial charge in [-0.15, -0.1) is 0 Å². The number of carbonyl (C=O) groups excluding carboxylic acids is 1. The molecule has 1 aromatic carbocycles. The van der Waals surface area contributed by atoms with Crippen molar-refractivity contribution in [2.24, 2.45) is 0 Å². The predicted molar refractivity (Wildman–Crippen MR) is 148 cm³/mol. The van der Waals surface area contributed by atoms with Crippen LogP contribution in [0.3, 0.4) is 0 Å². The smallest absolute Gasteiger partial charge is 0.342 e. The molecule has 3 aromatic rings. The number of carboxylic acid groups (broad SMARTS) is 2. The minimum absolute atomic E-state index is 0.272. The average molecular weight is 593 g/mol. The van der Waals surface area contributed by atoms with E-state index in [1.807, 2.05) is 13.0 Å². The molecule has 3 rings (SSSR count). The second-order valence-corrected chi connectivity index (χ2v) is 10.9. The molecule has 15 nitrogen and oxygen atoms in total. The van der Waals surface area contributed by atoms with E-state index in [1.165, 1.54) is 6.33 Å². The zero-order valence-electron chi connectivity index (χ0n) is 22.9. The van der Waals surface area contributed by atoms with Crippen LogP contribution in [0, 0.1) is 0 Å². The molecule has 0 aliphatic rings. The van der Waals surface area contributed by atoms with Crippen molar-refractivity contribution in [3.8, 4) is 5.75 Å². The molecular formula is C25H33N6O9P. The monoisotopic (exact) mass is 592 g/mol. The van der Waals surface area contributed by atoms with Crippen molar-refractivity contribution in [3.63, 3.8) is 0 Å². The fourth-order valence-electron chi connectivity index (χ4n) is 3.15. The second-order valence-electron chi connectivity index (χ2n) is 8.86. The summed E-state index contributed by atoms with van der Waals surface area (Å²) in [5.41, 5.74) is 6.91. The van der Waals surface area contributed by atoms with Gasteiger partial charge in [0.1, 0.15) is 30.0 Å². The second kappa shape index (κ2) is 15.5. The molecule has 0 aliphatic heterocycles. The highest BCUT2D eigenvalue weighted by atomic mass is 31.2. The number of nitrogens with one attached hydrogen (secondary N) is 1. The first-order chi connectivity index (χ1) is 19.3. The van der Waals surface area contributed by atoms with Crippen LogP contribution in [0.1, 0.15) is 27.7 Å². The quantitative estimate of drug-likeness (QED) is 0.127. The predicted octanol–water partition coefficient (Wildman–Crippen LogP) is 2.68. The Hall–Kier alpha value is -4.33. The van der Waals surface area contributed by atoms with Gasteiger partial charge in [0.15, 0.2) is 11.5 Å². The molecule has 0 amide bonds. The van der Waals surface area contributed by atoms with Crippen molar-refractivity contribution in [1.82, 2.24) is 24.6 Å². The van der Waals surface area contributed by atoms with Crippen molar-refractivity contribution in [3.05, 3.63) is 55.1 Å². The minimum Gasteiger partial charge on any atom is -0.478 e. The molecule has 5 N–H and O–H groups in total. The van der Waals surface area contributed by atoms with Gasteiger partial charge in [-0.1, -0.05) is 18.2 Å². The van der Waals surface area contributed by atoms with Crippen molar-refractivity contribution in [2.75, 3.05) is 12.1 Å². The molecular weight excluding hydrogens is 559 g/mol. The van der Waals surface area contributed by atoms with E-state index in [0.717, 1.165) is 0 Å². The van der Waals surface area contributed by atoms with Gasteiger partial charge in [-0.3, -0.25) is 9.36 Å². The number of hydrogen-bond donors (Lipinski definition) is 4. The van der Waals surface area contributed by atoms with E-state index in [2.05, 4.69) is 20.0 Å². The number of para-hydroxylation sites is 1. The van der Waals surface area contributed by atoms with Crippen molar-refractivity contribution >= 4 is 42.4 Å². The molecule has 2 heterocycles. The van der Waals surface area contributed by atoms with Gasteiger partial charge in [0.05, 0.1) is 25.1 Å². The van der Waals surface area contributed by atoms with E-state index >= 15 is 0 Å². The number of nitrogen functional groups attached to an aromatic ring is 1. The lowest BCUT2D eigenvalue weighted by Crippen LogP contribution is -2.37. The number of rotatable bonds is 13. The Kier molecular flexibility index (Phi) is 12.4. The normalized spacial score (nSPS) is 14.1. The molecule has 3 atom stereocenters. The summed E-state index contributed by atoms with van der Waals surface area (Å²) in [5, 5.41) is 18.4. The van der Waals surface area contributed by atoms with E-state index in [1.54, 1.807) is 55.9 Å². The Labute approximate surface area is 235 Å². The molecule has 0 aliphatic carbocycles. The summed E-state index contributed by atoms with van der Waals surface area (Å²) in [4.78, 5) is 43.7. The van der Waals surface area contributed by atoms with Gasteiger partial charge in [0.25, 0.3) is 0 Å². The average Bonchev–Trinajstić information content (AvgIpc) is 3.30. The lowest BCUT2D eigenvalue weighted by atomic mass is 10.3. The van der Waals surface area contributed by atoms with E-state index in [-0.39, 0.29) is 18.6 Å². The van der Waals surface area contributed by atoms with Gasteiger partial charge >= 0.3 is 25.4 Å². The standard InChI is InChI=1S/C21H29N6O5P.C4H4O4/c1-14(2)31-21(28)16(4)26-33(29,32-17-8-6-5-7-9-17)13-30-15(3)10-27-12-25-18-19(22)23-11-24-20(18)27;5-3(6)1-2-4(7)8/h5-9,11-12,14-16H,10,13H2,1-4H3,(H,26,29)(H2,22,23,24);1-2H,(H,5,6)(H,7,8)/t15?,16-,33-;/m0./s1. The van der Waals surface area contributed by atoms with Gasteiger partial charge in [-0.05, 0) is 39.8 Å². The van der Waals surface area contributed by atoms with Crippen LogP contribution in [0.4, 0.5) is 5.82 Å². The Bertz CT molecular complexity index is 1380. The van der Waals surface area contributed by atoms with E-state index in [9.17, 15) is 18.9 Å². The van der Waals surface area contributed by atoms with Crippen LogP contribution in [-0.4, -0.2) is 72.2 Å². The van der Waals surface area contributed by atoms with Crippen molar-refractivity contribution in [2.45, 2.75) is 52.5 Å². The summed E-state index contributed by atoms with van der Waals surface area (Å²) in [7, 11) is -3.64. The third-order valence-corrected chi connectivity index (χ3v) is 6.65. The highest BCUT2D eigenvalue weighted by molar-refractivity contribution is 7.57. The van der Waals surface area contributed by atoms with E-state index in [0.29, 0.717) is 41.4 Å². The molecule has 1 unspecified atom stereocenters. The zero-order chi connectivity index (χ0) is 30.6. The first-order valence-electron chi connectivity index (χ1n) is 12.3. The van der Waals surface area contributed by atoms with E-state index in [4.69, 9.17) is 29.9 Å². The van der Waals surface area contributed by atoms with Gasteiger partial charge in [-0.2, -0.15) is 0 Å². The molecule has 0 bridgehead atoms. The largest absolute Gasteiger partial charge is 0.478 e. The number of nitrogens with two attached hydrogens (primary N) is 1. The minimum atomic E-state index is -3.64. The number of aliphatic carboxylic acids is 2. The molecule has 222 valence electrons. The first kappa shape index (κ1) is 32.9. The number of hydrogen-bond acceptors (Lipinski definition) is 11. The van der Waals surface area contributed by atoms with E-state index < -0.39 is 31.5 Å². The Morgan fingerprint density at radius 2 is 1.68 bits per heavy atom. The van der Waals surface area contributed by atoms with Gasteiger partial charge in [-0.25, -0.2) is 29.6 Å². The third-order valence-electron chi connectivity index (χ3n) is 4.87. The van der Waals surface area contributed by atoms with Gasteiger partial charge < -0.3 is 34.5 Å². The third kappa shape index (κ3) is 11.4. The molecule has 2 aromatic heterocycles. The highest BCUT2D eigenvalue weighted by Gasteiger charge is 2.32. The number of carboxylic acids is 2. The topological polar surface area (TPSA) is 218 Å². The number of carbonyl (C=O) groups is 3. The molecule has 0 saturated carbocycles. The van der Waals surface area contributed by atoms with Gasteiger partial charge in [0, 0.05) is 12.2 Å². The number of imidazole rings is 1. The Morgan fingerprint density at radius 1 is 1.05 bits per heavy atom. The van der Waals surface area contributed by atoms with Crippen LogP contribution in [0.25, 0.3) is 11.2 Å². The maximum Gasteiger partial charge on any atom is 0.342 e. The maximum absolute atomic E-state index is 13.6. The lowest BCUT2D eigenvalue weighted by Gasteiger charge is -2.25. The number of aromatic nitrogens is 4. The van der Waals surface area contributed by atoms with Gasteiger partial charge in [0.2, 0.25) is 0 Å². The molecule has 0 radical (unpaired) electrons. The molecule has 16 heteroatoms. The molecule has 0 saturated heterocycles. The van der Waals surface area contributed by atoms with Crippen molar-refractivity contribution < 1.29 is 43.2 Å². The molecule has 0 fully saturated rings. The zero-order valence-corrected chi connectivity index (χ0v) is 23.8. The molecule has 0 spiro atoms. The summed E-state index contributed by atoms with van der Waals surface area (Å²) in [6.07, 6.45) is 3.13. The summed E-state index contributed by atoms with van der Waals surface area (Å²) >= 11 is 0. The summed E-state index contributed by atoms with van der Waals surface area (Å²) < 4.78 is 32.2. The number of nitrogens with zero attached hydrogens (tertiary/aromatic N) is 4. The number of esters is 1. The first-order valence-corrected chi connectivity index (χ1v) is 14.1. The maximum atomic E-state index is 13.6. The van der Waals surface area contributed by atoms with Crippen LogP contribution in [0.5, 0.6) is 5.75 Å². The Balaban J connectivity index is 0.000000642.